The molecule has 1 aromatic rings. The first-order chi connectivity index (χ1) is 8.52. The van der Waals surface area contributed by atoms with E-state index < -0.39 is 0 Å². The average molecular weight is 314 g/mol. The van der Waals surface area contributed by atoms with Crippen molar-refractivity contribution in [2.24, 2.45) is 5.92 Å². The first-order valence-corrected chi connectivity index (χ1v) is 6.88. The Morgan fingerprint density at radius 3 is 2.72 bits per heavy atom. The van der Waals surface area contributed by atoms with Crippen molar-refractivity contribution in [1.82, 2.24) is 5.32 Å². The van der Waals surface area contributed by atoms with Gasteiger partial charge in [-0.3, -0.25) is 4.79 Å². The molecule has 0 bridgehead atoms. The zero-order valence-corrected chi connectivity index (χ0v) is 12.7. The summed E-state index contributed by atoms with van der Waals surface area (Å²) >= 11 is 3.43. The maximum atomic E-state index is 11.6. The van der Waals surface area contributed by atoms with Crippen LogP contribution in [0.3, 0.4) is 0 Å². The minimum Gasteiger partial charge on any atom is -0.468 e. The van der Waals surface area contributed by atoms with E-state index in [0.717, 1.165) is 16.5 Å². The molecule has 1 atom stereocenters. The van der Waals surface area contributed by atoms with Crippen molar-refractivity contribution in [3.8, 4) is 0 Å². The van der Waals surface area contributed by atoms with Gasteiger partial charge in [0.1, 0.15) is 6.04 Å². The summed E-state index contributed by atoms with van der Waals surface area (Å²) in [4.78, 5) is 11.6. The van der Waals surface area contributed by atoms with Gasteiger partial charge in [-0.1, -0.05) is 41.9 Å². The van der Waals surface area contributed by atoms with Gasteiger partial charge in [-0.15, -0.1) is 0 Å². The summed E-state index contributed by atoms with van der Waals surface area (Å²) in [6.07, 6.45) is 0.778. The summed E-state index contributed by atoms with van der Waals surface area (Å²) in [5.74, 6) is 0.253. The molecule has 0 radical (unpaired) electrons. The van der Waals surface area contributed by atoms with Crippen molar-refractivity contribution in [3.63, 3.8) is 0 Å². The molecule has 0 aliphatic rings. The Morgan fingerprint density at radius 1 is 1.44 bits per heavy atom. The molecule has 0 fully saturated rings. The van der Waals surface area contributed by atoms with E-state index in [1.165, 1.54) is 7.11 Å². The Morgan fingerprint density at radius 2 is 2.17 bits per heavy atom. The van der Waals surface area contributed by atoms with Crippen molar-refractivity contribution >= 4 is 21.9 Å². The summed E-state index contributed by atoms with van der Waals surface area (Å²) in [6, 6.07) is 7.79. The van der Waals surface area contributed by atoms with E-state index in [4.69, 9.17) is 4.74 Å². The van der Waals surface area contributed by atoms with E-state index in [9.17, 15) is 4.79 Å². The molecule has 0 aliphatic carbocycles. The van der Waals surface area contributed by atoms with Crippen molar-refractivity contribution in [2.75, 3.05) is 7.11 Å². The second-order valence-electron chi connectivity index (χ2n) is 4.72. The number of hydrogen-bond donors (Lipinski definition) is 1. The SMILES string of the molecule is COC(=O)C(CC(C)C)NCc1cccc(Br)c1. The van der Waals surface area contributed by atoms with E-state index in [1.54, 1.807) is 0 Å². The van der Waals surface area contributed by atoms with Crippen molar-refractivity contribution in [1.29, 1.82) is 0 Å². The predicted molar refractivity (Wildman–Crippen MR) is 76.2 cm³/mol. The normalized spacial score (nSPS) is 12.5. The Balaban J connectivity index is 2.58. The standard InChI is InChI=1S/C14H20BrNO2/c1-10(2)7-13(14(17)18-3)16-9-11-5-4-6-12(15)8-11/h4-6,8,10,13,16H,7,9H2,1-3H3. The minimum absolute atomic E-state index is 0.196. The molecule has 0 heterocycles. The number of carbonyl (C=O) groups excluding carboxylic acids is 1. The number of benzene rings is 1. The van der Waals surface area contributed by atoms with Gasteiger partial charge in [0.15, 0.2) is 0 Å². The number of esters is 1. The summed E-state index contributed by atoms with van der Waals surface area (Å²) in [6.45, 7) is 4.85. The lowest BCUT2D eigenvalue weighted by Gasteiger charge is -2.18. The monoisotopic (exact) mass is 313 g/mol. The first kappa shape index (κ1) is 15.2. The Labute approximate surface area is 117 Å². The first-order valence-electron chi connectivity index (χ1n) is 6.08. The summed E-state index contributed by atoms with van der Waals surface area (Å²) in [7, 11) is 1.43. The molecule has 0 saturated heterocycles. The molecule has 4 heteroatoms. The number of ether oxygens (including phenoxy) is 1. The van der Waals surface area contributed by atoms with Gasteiger partial charge in [0.05, 0.1) is 7.11 Å². The summed E-state index contributed by atoms with van der Waals surface area (Å²) in [5.41, 5.74) is 1.14. The maximum Gasteiger partial charge on any atom is 0.322 e. The van der Waals surface area contributed by atoms with Crippen LogP contribution in [0, 0.1) is 5.92 Å². The number of rotatable bonds is 6. The molecule has 1 N–H and O–H groups in total. The Kier molecular flexibility index (Phi) is 6.36. The van der Waals surface area contributed by atoms with Gasteiger partial charge in [-0.2, -0.15) is 0 Å². The highest BCUT2D eigenvalue weighted by Crippen LogP contribution is 2.12. The fourth-order valence-electron chi connectivity index (χ4n) is 1.76. The van der Waals surface area contributed by atoms with Gasteiger partial charge in [-0.25, -0.2) is 0 Å². The lowest BCUT2D eigenvalue weighted by molar-refractivity contribution is -0.143. The van der Waals surface area contributed by atoms with Crippen LogP contribution in [-0.2, 0) is 16.1 Å². The quantitative estimate of drug-likeness (QED) is 0.820. The van der Waals surface area contributed by atoms with E-state index in [0.29, 0.717) is 12.5 Å². The van der Waals surface area contributed by atoms with Gasteiger partial charge in [0.2, 0.25) is 0 Å². The second-order valence-corrected chi connectivity index (χ2v) is 5.63. The van der Waals surface area contributed by atoms with Crippen LogP contribution in [0.15, 0.2) is 28.7 Å². The molecule has 1 aromatic carbocycles. The van der Waals surface area contributed by atoms with Crippen LogP contribution in [0.4, 0.5) is 0 Å². The van der Waals surface area contributed by atoms with Crippen LogP contribution < -0.4 is 5.32 Å². The van der Waals surface area contributed by atoms with Crippen LogP contribution in [0.2, 0.25) is 0 Å². The predicted octanol–water partition coefficient (Wildman–Crippen LogP) is 3.13. The largest absolute Gasteiger partial charge is 0.468 e. The zero-order valence-electron chi connectivity index (χ0n) is 11.1. The molecule has 3 nitrogen and oxygen atoms in total. The van der Waals surface area contributed by atoms with E-state index in [-0.39, 0.29) is 12.0 Å². The summed E-state index contributed by atoms with van der Waals surface area (Å²) in [5, 5.41) is 3.25. The smallest absolute Gasteiger partial charge is 0.322 e. The molecule has 100 valence electrons. The molecule has 0 amide bonds. The zero-order chi connectivity index (χ0) is 13.5. The molecule has 1 unspecified atom stereocenters. The number of carbonyl (C=O) groups is 1. The third-order valence-electron chi connectivity index (χ3n) is 2.63. The highest BCUT2D eigenvalue weighted by molar-refractivity contribution is 9.10. The third-order valence-corrected chi connectivity index (χ3v) is 3.13. The summed E-state index contributed by atoms with van der Waals surface area (Å²) < 4.78 is 5.86. The van der Waals surface area contributed by atoms with E-state index >= 15 is 0 Å². The highest BCUT2D eigenvalue weighted by atomic mass is 79.9. The third kappa shape index (κ3) is 5.19. The molecule has 0 saturated carbocycles. The van der Waals surface area contributed by atoms with Crippen LogP contribution in [0.25, 0.3) is 0 Å². The molecule has 0 aliphatic heterocycles. The topological polar surface area (TPSA) is 38.3 Å². The van der Waals surface area contributed by atoms with Gasteiger partial charge in [-0.05, 0) is 30.0 Å². The van der Waals surface area contributed by atoms with Crippen molar-refractivity contribution in [3.05, 3.63) is 34.3 Å². The molecule has 0 spiro atoms. The number of nitrogens with one attached hydrogen (secondary N) is 1. The van der Waals surface area contributed by atoms with Crippen LogP contribution in [0.1, 0.15) is 25.8 Å². The fraction of sp³-hybridized carbons (Fsp3) is 0.500. The lowest BCUT2D eigenvalue weighted by atomic mass is 10.0. The molecular weight excluding hydrogens is 294 g/mol. The molecule has 0 aromatic heterocycles. The minimum atomic E-state index is -0.242. The Bertz CT molecular complexity index is 393. The second kappa shape index (κ2) is 7.54. The van der Waals surface area contributed by atoms with E-state index in [2.05, 4.69) is 35.1 Å². The Hall–Kier alpha value is -0.870. The van der Waals surface area contributed by atoms with Crippen molar-refractivity contribution < 1.29 is 9.53 Å². The van der Waals surface area contributed by atoms with Gasteiger partial charge >= 0.3 is 5.97 Å². The van der Waals surface area contributed by atoms with Crippen LogP contribution >= 0.6 is 15.9 Å². The molecule has 1 rings (SSSR count). The van der Waals surface area contributed by atoms with Crippen LogP contribution in [-0.4, -0.2) is 19.1 Å². The average Bonchev–Trinajstić information content (AvgIpc) is 2.33. The molecule has 18 heavy (non-hydrogen) atoms. The number of halogens is 1. The van der Waals surface area contributed by atoms with Gasteiger partial charge in [0, 0.05) is 11.0 Å². The number of hydrogen-bond acceptors (Lipinski definition) is 3. The highest BCUT2D eigenvalue weighted by Gasteiger charge is 2.19. The van der Waals surface area contributed by atoms with Gasteiger partial charge < -0.3 is 10.1 Å². The molecular formula is C14H20BrNO2. The number of methoxy groups -OCH3 is 1. The maximum absolute atomic E-state index is 11.6. The fourth-order valence-corrected chi connectivity index (χ4v) is 2.21. The van der Waals surface area contributed by atoms with E-state index in [1.807, 2.05) is 24.3 Å². The van der Waals surface area contributed by atoms with Crippen LogP contribution in [0.5, 0.6) is 0 Å². The lowest BCUT2D eigenvalue weighted by Crippen LogP contribution is -2.38. The van der Waals surface area contributed by atoms with Crippen molar-refractivity contribution in [2.45, 2.75) is 32.9 Å². The van der Waals surface area contributed by atoms with Gasteiger partial charge in [0.25, 0.3) is 0 Å².